The number of methoxy groups -OCH3 is 1. The normalized spacial score (nSPS) is 9.68. The topological polar surface area (TPSA) is 91.5 Å². The lowest BCUT2D eigenvalue weighted by atomic mass is 10.2. The third-order valence-corrected chi connectivity index (χ3v) is 3.79. The first kappa shape index (κ1) is 18.7. The highest BCUT2D eigenvalue weighted by atomic mass is 79.9. The summed E-state index contributed by atoms with van der Waals surface area (Å²) in [6.45, 7) is 0. The summed E-state index contributed by atoms with van der Waals surface area (Å²) in [4.78, 5) is 23.8. The van der Waals surface area contributed by atoms with Gasteiger partial charge >= 0.3 is 6.03 Å². The summed E-state index contributed by atoms with van der Waals surface area (Å²) in [5.41, 5.74) is 5.78. The quantitative estimate of drug-likeness (QED) is 0.450. The third kappa shape index (κ3) is 5.73. The van der Waals surface area contributed by atoms with Crippen molar-refractivity contribution in [2.24, 2.45) is 0 Å². The van der Waals surface area contributed by atoms with Gasteiger partial charge in [-0.15, -0.1) is 0 Å². The number of rotatable bonds is 3. The fourth-order valence-electron chi connectivity index (χ4n) is 1.81. The molecule has 0 heterocycles. The van der Waals surface area contributed by atoms with Crippen molar-refractivity contribution < 1.29 is 14.3 Å². The van der Waals surface area contributed by atoms with E-state index in [1.807, 2.05) is 6.07 Å². The Hall–Kier alpha value is -2.65. The van der Waals surface area contributed by atoms with Crippen LogP contribution < -0.4 is 26.2 Å². The summed E-state index contributed by atoms with van der Waals surface area (Å²) in [5.74, 6) is 0.183. The molecular formula is C16H15BrN4O3S. The van der Waals surface area contributed by atoms with Crippen LogP contribution in [-0.4, -0.2) is 24.2 Å². The predicted octanol–water partition coefficient (Wildman–Crippen LogP) is 2.80. The Labute approximate surface area is 158 Å². The van der Waals surface area contributed by atoms with Crippen LogP contribution in [0.1, 0.15) is 10.4 Å². The Balaban J connectivity index is 1.82. The SMILES string of the molecule is COc1ccc(C(=O)NC(=S)NNC(=O)Nc2ccccc2)cc1Br. The zero-order valence-electron chi connectivity index (χ0n) is 13.1. The van der Waals surface area contributed by atoms with Crippen molar-refractivity contribution in [3.63, 3.8) is 0 Å². The lowest BCUT2D eigenvalue weighted by molar-refractivity contribution is 0.0976. The highest BCUT2D eigenvalue weighted by Crippen LogP contribution is 2.25. The molecule has 0 saturated carbocycles. The number of carbonyl (C=O) groups excluding carboxylic acids is 2. The van der Waals surface area contributed by atoms with E-state index in [0.717, 1.165) is 0 Å². The number of urea groups is 1. The summed E-state index contributed by atoms with van der Waals surface area (Å²) >= 11 is 8.28. The first-order chi connectivity index (χ1) is 12.0. The van der Waals surface area contributed by atoms with Crippen LogP contribution in [0, 0.1) is 0 Å². The Morgan fingerprint density at radius 2 is 1.80 bits per heavy atom. The maximum Gasteiger partial charge on any atom is 0.337 e. The molecule has 0 aliphatic rings. The van der Waals surface area contributed by atoms with Gasteiger partial charge in [-0.05, 0) is 58.5 Å². The average Bonchev–Trinajstić information content (AvgIpc) is 2.60. The number of hydrogen-bond acceptors (Lipinski definition) is 4. The number of hydrogen-bond donors (Lipinski definition) is 4. The van der Waals surface area contributed by atoms with Crippen molar-refractivity contribution in [3.05, 3.63) is 58.6 Å². The second-order valence-corrected chi connectivity index (χ2v) is 5.97. The highest BCUT2D eigenvalue weighted by molar-refractivity contribution is 9.10. The number of anilines is 1. The summed E-state index contributed by atoms with van der Waals surface area (Å²) < 4.78 is 5.74. The molecule has 0 aliphatic carbocycles. The van der Waals surface area contributed by atoms with E-state index >= 15 is 0 Å². The Morgan fingerprint density at radius 3 is 2.44 bits per heavy atom. The van der Waals surface area contributed by atoms with Crippen LogP contribution in [0.2, 0.25) is 0 Å². The molecule has 0 radical (unpaired) electrons. The van der Waals surface area contributed by atoms with Gasteiger partial charge in [0.1, 0.15) is 5.75 Å². The minimum Gasteiger partial charge on any atom is -0.496 e. The molecule has 3 amide bonds. The molecule has 0 fully saturated rings. The Morgan fingerprint density at radius 1 is 1.08 bits per heavy atom. The van der Waals surface area contributed by atoms with Crippen molar-refractivity contribution >= 4 is 50.9 Å². The molecule has 25 heavy (non-hydrogen) atoms. The van der Waals surface area contributed by atoms with Gasteiger partial charge in [0.25, 0.3) is 5.91 Å². The molecule has 9 heteroatoms. The van der Waals surface area contributed by atoms with Crippen LogP contribution >= 0.6 is 28.1 Å². The van der Waals surface area contributed by atoms with Crippen LogP contribution in [0.5, 0.6) is 5.75 Å². The zero-order chi connectivity index (χ0) is 18.2. The number of ether oxygens (including phenoxy) is 1. The van der Waals surface area contributed by atoms with Crippen LogP contribution in [0.15, 0.2) is 53.0 Å². The van der Waals surface area contributed by atoms with Crippen LogP contribution in [-0.2, 0) is 0 Å². The van der Waals surface area contributed by atoms with Crippen molar-refractivity contribution in [2.75, 3.05) is 12.4 Å². The third-order valence-electron chi connectivity index (χ3n) is 2.96. The number of thiocarbonyl (C=S) groups is 1. The minimum absolute atomic E-state index is 0.0415. The monoisotopic (exact) mass is 422 g/mol. The predicted molar refractivity (Wildman–Crippen MR) is 102 cm³/mol. The number of carbonyl (C=O) groups is 2. The van der Waals surface area contributed by atoms with Gasteiger partial charge in [-0.25, -0.2) is 10.2 Å². The van der Waals surface area contributed by atoms with E-state index in [1.165, 1.54) is 7.11 Å². The Bertz CT molecular complexity index is 786. The lowest BCUT2D eigenvalue weighted by Gasteiger charge is -2.12. The largest absolute Gasteiger partial charge is 0.496 e. The molecule has 0 aliphatic heterocycles. The standard InChI is InChI=1S/C16H15BrN4O3S/c1-24-13-8-7-10(9-12(13)17)14(22)19-16(25)21-20-15(23)18-11-5-3-2-4-6-11/h2-9H,1H3,(H2,18,20,23)(H2,19,21,22,25). The zero-order valence-corrected chi connectivity index (χ0v) is 15.5. The molecule has 2 aromatic carbocycles. The molecular weight excluding hydrogens is 408 g/mol. The molecule has 2 aromatic rings. The van der Waals surface area contributed by atoms with E-state index < -0.39 is 11.9 Å². The van der Waals surface area contributed by atoms with E-state index in [4.69, 9.17) is 17.0 Å². The fourth-order valence-corrected chi connectivity index (χ4v) is 2.50. The second-order valence-electron chi connectivity index (χ2n) is 4.70. The molecule has 0 saturated heterocycles. The molecule has 0 spiro atoms. The molecule has 7 nitrogen and oxygen atoms in total. The maximum atomic E-state index is 12.1. The smallest absolute Gasteiger partial charge is 0.337 e. The first-order valence-corrected chi connectivity index (χ1v) is 8.26. The molecule has 130 valence electrons. The van der Waals surface area contributed by atoms with Gasteiger partial charge in [-0.3, -0.25) is 15.5 Å². The average molecular weight is 423 g/mol. The first-order valence-electron chi connectivity index (χ1n) is 7.06. The van der Waals surface area contributed by atoms with Crippen LogP contribution in [0.3, 0.4) is 0 Å². The highest BCUT2D eigenvalue weighted by Gasteiger charge is 2.11. The summed E-state index contributed by atoms with van der Waals surface area (Å²) in [6.07, 6.45) is 0. The van der Waals surface area contributed by atoms with Gasteiger partial charge in [-0.1, -0.05) is 18.2 Å². The second kappa shape index (κ2) is 9.00. The van der Waals surface area contributed by atoms with Crippen molar-refractivity contribution in [3.8, 4) is 5.75 Å². The van der Waals surface area contributed by atoms with Gasteiger partial charge in [0.05, 0.1) is 11.6 Å². The minimum atomic E-state index is -0.519. The van der Waals surface area contributed by atoms with Crippen molar-refractivity contribution in [2.45, 2.75) is 0 Å². The van der Waals surface area contributed by atoms with E-state index in [9.17, 15) is 9.59 Å². The molecule has 0 atom stereocenters. The number of benzene rings is 2. The van der Waals surface area contributed by atoms with Gasteiger partial charge < -0.3 is 10.1 Å². The maximum absolute atomic E-state index is 12.1. The fraction of sp³-hybridized carbons (Fsp3) is 0.0625. The van der Waals surface area contributed by atoms with Gasteiger partial charge in [0, 0.05) is 11.3 Å². The van der Waals surface area contributed by atoms with Crippen molar-refractivity contribution in [1.82, 2.24) is 16.2 Å². The van der Waals surface area contributed by atoms with E-state index in [0.29, 0.717) is 21.5 Å². The number of nitrogens with one attached hydrogen (secondary N) is 4. The lowest BCUT2D eigenvalue weighted by Crippen LogP contribution is -2.49. The summed E-state index contributed by atoms with van der Waals surface area (Å²) in [6, 6.07) is 13.2. The van der Waals surface area contributed by atoms with E-state index in [-0.39, 0.29) is 5.11 Å². The van der Waals surface area contributed by atoms with Crippen molar-refractivity contribution in [1.29, 1.82) is 0 Å². The van der Waals surface area contributed by atoms with Crippen LogP contribution in [0.25, 0.3) is 0 Å². The molecule has 0 unspecified atom stereocenters. The molecule has 4 N–H and O–H groups in total. The summed E-state index contributed by atoms with van der Waals surface area (Å²) in [5, 5.41) is 5.01. The number of para-hydroxylation sites is 1. The Kier molecular flexibility index (Phi) is 6.72. The van der Waals surface area contributed by atoms with E-state index in [2.05, 4.69) is 37.4 Å². The molecule has 0 aromatic heterocycles. The molecule has 0 bridgehead atoms. The summed E-state index contributed by atoms with van der Waals surface area (Å²) in [7, 11) is 1.53. The number of hydrazine groups is 1. The van der Waals surface area contributed by atoms with Gasteiger partial charge in [-0.2, -0.15) is 0 Å². The molecule has 2 rings (SSSR count). The van der Waals surface area contributed by atoms with Gasteiger partial charge in [0.15, 0.2) is 5.11 Å². The van der Waals surface area contributed by atoms with E-state index in [1.54, 1.807) is 42.5 Å². The number of halogens is 1. The van der Waals surface area contributed by atoms with Gasteiger partial charge in [0.2, 0.25) is 0 Å². The van der Waals surface area contributed by atoms with Crippen LogP contribution in [0.4, 0.5) is 10.5 Å². The number of amides is 3.